The van der Waals surface area contributed by atoms with Gasteiger partial charge in [0, 0.05) is 34.1 Å². The van der Waals surface area contributed by atoms with Gasteiger partial charge < -0.3 is 5.73 Å². The van der Waals surface area contributed by atoms with E-state index in [-0.39, 0.29) is 16.3 Å². The number of rotatable bonds is 4. The lowest BCUT2D eigenvalue weighted by atomic mass is 10.0. The van der Waals surface area contributed by atoms with Crippen molar-refractivity contribution in [2.24, 2.45) is 10.2 Å². The Morgan fingerprint density at radius 2 is 1.45 bits per heavy atom. The van der Waals surface area contributed by atoms with Crippen molar-refractivity contribution < 1.29 is 13.0 Å². The van der Waals surface area contributed by atoms with E-state index < -0.39 is 10.1 Å². The molecule has 4 aromatic carbocycles. The summed E-state index contributed by atoms with van der Waals surface area (Å²) in [4.78, 5) is 4.06. The summed E-state index contributed by atoms with van der Waals surface area (Å²) in [6.45, 7) is 0. The maximum atomic E-state index is 11.9. The number of hydrogen-bond acceptors (Lipinski definition) is 6. The largest absolute Gasteiger partial charge is 0.396 e. The summed E-state index contributed by atoms with van der Waals surface area (Å²) < 4.78 is 33.4. The fourth-order valence-corrected chi connectivity index (χ4v) is 4.53. The number of nitrogen functional groups attached to an aromatic ring is 1. The highest BCUT2D eigenvalue weighted by Gasteiger charge is 2.18. The quantitative estimate of drug-likeness (QED) is 0.188. The summed E-state index contributed by atoms with van der Waals surface area (Å²) in [5, 5.41) is 11.3. The molecule has 0 saturated carbocycles. The lowest BCUT2D eigenvalue weighted by molar-refractivity contribution is 0.484. The molecule has 0 aliphatic heterocycles. The van der Waals surface area contributed by atoms with Gasteiger partial charge in [-0.15, -0.1) is 5.11 Å². The van der Waals surface area contributed by atoms with Crippen LogP contribution in [0.2, 0.25) is 0 Å². The van der Waals surface area contributed by atoms with Crippen LogP contribution in [0.15, 0.2) is 106 Å². The summed E-state index contributed by atoms with van der Waals surface area (Å²) >= 11 is 0. The second kappa shape index (κ2) is 8.09. The van der Waals surface area contributed by atoms with Crippen molar-refractivity contribution >= 4 is 48.7 Å². The Kier molecular flexibility index (Phi) is 5.08. The molecule has 0 unspecified atom stereocenters. The zero-order valence-electron chi connectivity index (χ0n) is 17.3. The van der Waals surface area contributed by atoms with Crippen LogP contribution in [0.3, 0.4) is 0 Å². The number of nitrogens with zero attached hydrogens (tertiary/aromatic N) is 3. The third-order valence-electron chi connectivity index (χ3n) is 5.42. The van der Waals surface area contributed by atoms with Gasteiger partial charge in [-0.1, -0.05) is 60.7 Å². The van der Waals surface area contributed by atoms with Crippen LogP contribution >= 0.6 is 0 Å². The van der Waals surface area contributed by atoms with Crippen molar-refractivity contribution in [1.82, 2.24) is 4.98 Å². The van der Waals surface area contributed by atoms with Crippen molar-refractivity contribution in [2.75, 3.05) is 5.73 Å². The van der Waals surface area contributed by atoms with E-state index in [1.807, 2.05) is 54.9 Å². The van der Waals surface area contributed by atoms with Gasteiger partial charge in [0.05, 0.1) is 11.4 Å². The van der Waals surface area contributed by atoms with Crippen LogP contribution in [0.5, 0.6) is 0 Å². The SMILES string of the molecule is Nc1c(N=Nc2ccc(-c3cncc4ccccc34)cc2)cc(S(=O)(=O)O)c2ccccc12. The standard InChI is InChI=1S/C25H18N4O3S/c26-25-21-8-4-3-7-20(21)24(33(30,31)32)13-23(25)29-28-18-11-9-16(10-12-18)22-15-27-14-17-5-1-2-6-19(17)22/h1-15H,26H2,(H,30,31,32). The molecule has 5 rings (SSSR count). The Balaban J connectivity index is 1.52. The Labute approximate surface area is 190 Å². The van der Waals surface area contributed by atoms with Crippen molar-refractivity contribution in [2.45, 2.75) is 4.90 Å². The predicted octanol–water partition coefficient (Wildman–Crippen LogP) is 6.30. The van der Waals surface area contributed by atoms with Crippen LogP contribution in [-0.4, -0.2) is 18.0 Å². The summed E-state index contributed by atoms with van der Waals surface area (Å²) in [5.74, 6) is 0. The Morgan fingerprint density at radius 1 is 0.788 bits per heavy atom. The summed E-state index contributed by atoms with van der Waals surface area (Å²) in [6, 6.07) is 23.4. The zero-order chi connectivity index (χ0) is 23.0. The molecule has 0 radical (unpaired) electrons. The van der Waals surface area contributed by atoms with Crippen LogP contribution in [0.1, 0.15) is 0 Å². The van der Waals surface area contributed by atoms with E-state index in [1.54, 1.807) is 24.3 Å². The minimum Gasteiger partial charge on any atom is -0.396 e. The van der Waals surface area contributed by atoms with Crippen molar-refractivity contribution in [3.63, 3.8) is 0 Å². The van der Waals surface area contributed by atoms with Gasteiger partial charge >= 0.3 is 0 Å². The lowest BCUT2D eigenvalue weighted by Crippen LogP contribution is -2.01. The van der Waals surface area contributed by atoms with Gasteiger partial charge in [0.15, 0.2) is 0 Å². The number of aromatic nitrogens is 1. The van der Waals surface area contributed by atoms with E-state index in [1.165, 1.54) is 6.07 Å². The number of fused-ring (bicyclic) bond motifs is 2. The molecular weight excluding hydrogens is 436 g/mol. The number of benzene rings is 4. The highest BCUT2D eigenvalue weighted by Crippen LogP contribution is 2.37. The molecule has 162 valence electrons. The van der Waals surface area contributed by atoms with Gasteiger partial charge in [0.1, 0.15) is 10.6 Å². The van der Waals surface area contributed by atoms with Gasteiger partial charge in [-0.2, -0.15) is 13.5 Å². The molecular formula is C25H18N4O3S. The normalized spacial score (nSPS) is 12.0. The second-order valence-corrected chi connectivity index (χ2v) is 8.87. The van der Waals surface area contributed by atoms with Crippen LogP contribution in [0.4, 0.5) is 17.1 Å². The topological polar surface area (TPSA) is 118 Å². The van der Waals surface area contributed by atoms with Crippen molar-refractivity contribution in [1.29, 1.82) is 0 Å². The Hall–Kier alpha value is -4.14. The lowest BCUT2D eigenvalue weighted by Gasteiger charge is -2.09. The molecule has 1 heterocycles. The molecule has 0 atom stereocenters. The fraction of sp³-hybridized carbons (Fsp3) is 0. The minimum atomic E-state index is -4.47. The molecule has 0 amide bonds. The molecule has 0 spiro atoms. The predicted molar refractivity (Wildman–Crippen MR) is 130 cm³/mol. The van der Waals surface area contributed by atoms with Crippen LogP contribution in [0.25, 0.3) is 32.7 Å². The molecule has 0 aliphatic rings. The summed E-state index contributed by atoms with van der Waals surface area (Å²) in [5.41, 5.74) is 9.20. The van der Waals surface area contributed by atoms with Gasteiger partial charge in [-0.05, 0) is 29.1 Å². The molecule has 5 aromatic rings. The first-order chi connectivity index (χ1) is 15.9. The first-order valence-electron chi connectivity index (χ1n) is 10.1. The second-order valence-electron chi connectivity index (χ2n) is 7.48. The molecule has 0 bridgehead atoms. The average Bonchev–Trinajstić information content (AvgIpc) is 2.83. The molecule has 7 nitrogen and oxygen atoms in total. The molecule has 0 saturated heterocycles. The third-order valence-corrected chi connectivity index (χ3v) is 6.32. The highest BCUT2D eigenvalue weighted by molar-refractivity contribution is 7.86. The molecule has 8 heteroatoms. The third kappa shape index (κ3) is 3.93. The first-order valence-corrected chi connectivity index (χ1v) is 11.5. The van der Waals surface area contributed by atoms with E-state index >= 15 is 0 Å². The first kappa shape index (κ1) is 20.7. The van der Waals surface area contributed by atoms with Crippen molar-refractivity contribution in [3.05, 3.63) is 91.3 Å². The maximum Gasteiger partial charge on any atom is 0.295 e. The Bertz CT molecular complexity index is 1640. The molecule has 0 aliphatic carbocycles. The van der Waals surface area contributed by atoms with E-state index in [2.05, 4.69) is 21.3 Å². The fourth-order valence-electron chi connectivity index (χ4n) is 3.81. The smallest absolute Gasteiger partial charge is 0.295 e. The van der Waals surface area contributed by atoms with E-state index in [0.717, 1.165) is 21.9 Å². The van der Waals surface area contributed by atoms with Gasteiger partial charge in [0.2, 0.25) is 0 Å². The molecule has 1 aromatic heterocycles. The van der Waals surface area contributed by atoms with Crippen LogP contribution < -0.4 is 5.73 Å². The number of anilines is 1. The van der Waals surface area contributed by atoms with E-state index in [9.17, 15) is 13.0 Å². The van der Waals surface area contributed by atoms with Crippen molar-refractivity contribution in [3.8, 4) is 11.1 Å². The number of pyridine rings is 1. The van der Waals surface area contributed by atoms with Gasteiger partial charge in [0.25, 0.3) is 10.1 Å². The van der Waals surface area contributed by atoms with Crippen LogP contribution in [-0.2, 0) is 10.1 Å². The zero-order valence-corrected chi connectivity index (χ0v) is 18.1. The number of nitrogens with two attached hydrogens (primary N) is 1. The maximum absolute atomic E-state index is 11.9. The monoisotopic (exact) mass is 454 g/mol. The minimum absolute atomic E-state index is 0.156. The Morgan fingerprint density at radius 3 is 2.18 bits per heavy atom. The number of hydrogen-bond donors (Lipinski definition) is 2. The summed E-state index contributed by atoms with van der Waals surface area (Å²) in [7, 11) is -4.47. The highest BCUT2D eigenvalue weighted by atomic mass is 32.2. The molecule has 3 N–H and O–H groups in total. The molecule has 33 heavy (non-hydrogen) atoms. The van der Waals surface area contributed by atoms with Gasteiger partial charge in [-0.3, -0.25) is 9.54 Å². The van der Waals surface area contributed by atoms with E-state index in [0.29, 0.717) is 16.5 Å². The average molecular weight is 455 g/mol. The molecule has 0 fully saturated rings. The number of azo groups is 1. The van der Waals surface area contributed by atoms with E-state index in [4.69, 9.17) is 5.73 Å². The van der Waals surface area contributed by atoms with Gasteiger partial charge in [-0.25, -0.2) is 0 Å². The summed E-state index contributed by atoms with van der Waals surface area (Å²) in [6.07, 6.45) is 3.65. The van der Waals surface area contributed by atoms with Crippen LogP contribution in [0, 0.1) is 0 Å².